The molecule has 1 aromatic carbocycles. The van der Waals surface area contributed by atoms with Crippen LogP contribution in [0.25, 0.3) is 0 Å². The number of nitrogens with one attached hydrogen (secondary N) is 3. The van der Waals surface area contributed by atoms with Crippen molar-refractivity contribution in [1.82, 2.24) is 20.9 Å². The SMILES string of the molecule is CCNC(=O)COc1cccc(CNC(=NC)NCC2(N3CCCCC3)CCCCC2)c1. The predicted molar refractivity (Wildman–Crippen MR) is 130 cm³/mol. The highest BCUT2D eigenvalue weighted by atomic mass is 16.5. The van der Waals surface area contributed by atoms with Crippen LogP contribution in [0, 0.1) is 0 Å². The van der Waals surface area contributed by atoms with Crippen LogP contribution in [-0.2, 0) is 11.3 Å². The number of carbonyl (C=O) groups is 1. The van der Waals surface area contributed by atoms with E-state index >= 15 is 0 Å². The van der Waals surface area contributed by atoms with Gasteiger partial charge in [0.05, 0.1) is 0 Å². The van der Waals surface area contributed by atoms with Gasteiger partial charge in [0.1, 0.15) is 5.75 Å². The molecule has 0 unspecified atom stereocenters. The highest BCUT2D eigenvalue weighted by Gasteiger charge is 2.38. The summed E-state index contributed by atoms with van der Waals surface area (Å²) in [6.45, 7) is 6.60. The van der Waals surface area contributed by atoms with Gasteiger partial charge in [0, 0.05) is 32.2 Å². The standard InChI is InChI=1S/C25H41N5O2/c1-3-27-23(31)19-32-22-12-10-11-21(17-22)18-28-24(26-2)29-20-25(13-6-4-7-14-25)30-15-8-5-9-16-30/h10-12,17H,3-9,13-16,18-20H2,1-2H3,(H,27,31)(H2,26,28,29). The van der Waals surface area contributed by atoms with Crippen LogP contribution in [0.3, 0.4) is 0 Å². The highest BCUT2D eigenvalue weighted by Crippen LogP contribution is 2.35. The lowest BCUT2D eigenvalue weighted by molar-refractivity contribution is -0.122. The topological polar surface area (TPSA) is 78.0 Å². The number of rotatable bonds is 9. The van der Waals surface area contributed by atoms with Gasteiger partial charge in [-0.05, 0) is 63.4 Å². The zero-order valence-electron chi connectivity index (χ0n) is 19.9. The Morgan fingerprint density at radius 1 is 1.06 bits per heavy atom. The minimum Gasteiger partial charge on any atom is -0.484 e. The molecular weight excluding hydrogens is 402 g/mol. The molecule has 1 saturated carbocycles. The summed E-state index contributed by atoms with van der Waals surface area (Å²) in [7, 11) is 1.83. The third-order valence-corrected chi connectivity index (χ3v) is 6.72. The van der Waals surface area contributed by atoms with E-state index in [1.54, 1.807) is 0 Å². The molecule has 0 radical (unpaired) electrons. The maximum absolute atomic E-state index is 11.6. The molecule has 3 rings (SSSR count). The lowest BCUT2D eigenvalue weighted by Gasteiger charge is -2.48. The number of nitrogens with zero attached hydrogens (tertiary/aromatic N) is 2. The Hall–Kier alpha value is -2.28. The smallest absolute Gasteiger partial charge is 0.257 e. The number of aliphatic imine (C=N–C) groups is 1. The van der Waals surface area contributed by atoms with E-state index in [0.717, 1.165) is 18.1 Å². The normalized spacial score (nSPS) is 19.2. The molecule has 32 heavy (non-hydrogen) atoms. The fourth-order valence-electron chi connectivity index (χ4n) is 4.98. The van der Waals surface area contributed by atoms with E-state index in [9.17, 15) is 4.79 Å². The third-order valence-electron chi connectivity index (χ3n) is 6.72. The first kappa shape index (κ1) is 24.4. The molecule has 1 aliphatic heterocycles. The molecule has 2 aliphatic rings. The van der Waals surface area contributed by atoms with E-state index in [2.05, 4.69) is 31.9 Å². The number of guanidine groups is 1. The molecule has 1 amide bonds. The molecule has 1 aliphatic carbocycles. The highest BCUT2D eigenvalue weighted by molar-refractivity contribution is 5.79. The minimum absolute atomic E-state index is 0.0343. The first-order valence-corrected chi connectivity index (χ1v) is 12.3. The van der Waals surface area contributed by atoms with E-state index in [4.69, 9.17) is 4.74 Å². The maximum atomic E-state index is 11.6. The van der Waals surface area contributed by atoms with E-state index in [1.807, 2.05) is 32.2 Å². The average Bonchev–Trinajstić information content (AvgIpc) is 2.84. The molecule has 2 fully saturated rings. The number of benzene rings is 1. The van der Waals surface area contributed by atoms with Gasteiger partial charge in [-0.25, -0.2) is 0 Å². The van der Waals surface area contributed by atoms with Gasteiger partial charge in [0.25, 0.3) is 5.91 Å². The third kappa shape index (κ3) is 7.12. The molecule has 0 atom stereocenters. The predicted octanol–water partition coefficient (Wildman–Crippen LogP) is 3.06. The summed E-state index contributed by atoms with van der Waals surface area (Å²) >= 11 is 0. The van der Waals surface area contributed by atoms with Crippen molar-refractivity contribution >= 4 is 11.9 Å². The molecule has 178 valence electrons. The summed E-state index contributed by atoms with van der Waals surface area (Å²) in [5.41, 5.74) is 1.35. The van der Waals surface area contributed by atoms with E-state index in [1.165, 1.54) is 64.5 Å². The van der Waals surface area contributed by atoms with Crippen molar-refractivity contribution in [2.75, 3.05) is 39.8 Å². The van der Waals surface area contributed by atoms with Crippen LogP contribution in [0.15, 0.2) is 29.3 Å². The van der Waals surface area contributed by atoms with Crippen LogP contribution in [-0.4, -0.2) is 62.1 Å². The molecule has 0 spiro atoms. The van der Waals surface area contributed by atoms with Gasteiger partial charge in [-0.15, -0.1) is 0 Å². The van der Waals surface area contributed by atoms with Gasteiger partial charge < -0.3 is 20.7 Å². The molecule has 7 nitrogen and oxygen atoms in total. The fourth-order valence-corrected chi connectivity index (χ4v) is 4.98. The molecule has 1 heterocycles. The van der Waals surface area contributed by atoms with Crippen LogP contribution < -0.4 is 20.7 Å². The summed E-state index contributed by atoms with van der Waals surface area (Å²) in [6.07, 6.45) is 10.6. The van der Waals surface area contributed by atoms with Gasteiger partial charge >= 0.3 is 0 Å². The molecule has 0 bridgehead atoms. The van der Waals surface area contributed by atoms with Crippen molar-refractivity contribution < 1.29 is 9.53 Å². The summed E-state index contributed by atoms with van der Waals surface area (Å²) in [5.74, 6) is 1.43. The number of hydrogen-bond acceptors (Lipinski definition) is 4. The Morgan fingerprint density at radius 3 is 2.53 bits per heavy atom. The number of hydrogen-bond donors (Lipinski definition) is 3. The second-order valence-electron chi connectivity index (χ2n) is 9.00. The molecule has 0 aromatic heterocycles. The Kier molecular flexibility index (Phi) is 9.65. The van der Waals surface area contributed by atoms with Gasteiger partial charge in [-0.2, -0.15) is 0 Å². The molecule has 7 heteroatoms. The van der Waals surface area contributed by atoms with Crippen LogP contribution in [0.5, 0.6) is 5.75 Å². The number of likely N-dealkylation sites (N-methyl/N-ethyl adjacent to an activating group) is 1. The van der Waals surface area contributed by atoms with Gasteiger partial charge in [0.15, 0.2) is 12.6 Å². The van der Waals surface area contributed by atoms with Gasteiger partial charge in [0.2, 0.25) is 0 Å². The van der Waals surface area contributed by atoms with Crippen molar-refractivity contribution in [3.8, 4) is 5.75 Å². The van der Waals surface area contributed by atoms with E-state index < -0.39 is 0 Å². The average molecular weight is 444 g/mol. The number of ether oxygens (including phenoxy) is 1. The summed E-state index contributed by atoms with van der Waals surface area (Å²) in [5, 5.41) is 9.81. The van der Waals surface area contributed by atoms with Gasteiger partial charge in [-0.1, -0.05) is 37.8 Å². The monoisotopic (exact) mass is 443 g/mol. The first-order chi connectivity index (χ1) is 15.6. The van der Waals surface area contributed by atoms with Crippen molar-refractivity contribution in [3.05, 3.63) is 29.8 Å². The largest absolute Gasteiger partial charge is 0.484 e. The number of amides is 1. The summed E-state index contributed by atoms with van der Waals surface area (Å²) in [4.78, 5) is 18.8. The van der Waals surface area contributed by atoms with Crippen LogP contribution in [0.4, 0.5) is 0 Å². The molecular formula is C25H41N5O2. The minimum atomic E-state index is -0.106. The Bertz CT molecular complexity index is 740. The maximum Gasteiger partial charge on any atom is 0.257 e. The Balaban J connectivity index is 1.52. The van der Waals surface area contributed by atoms with Crippen molar-refractivity contribution in [2.24, 2.45) is 4.99 Å². The first-order valence-electron chi connectivity index (χ1n) is 12.3. The molecule has 1 saturated heterocycles. The zero-order valence-corrected chi connectivity index (χ0v) is 19.9. The molecule has 1 aromatic rings. The summed E-state index contributed by atoms with van der Waals surface area (Å²) in [6, 6.07) is 7.85. The Morgan fingerprint density at radius 2 is 1.81 bits per heavy atom. The van der Waals surface area contributed by atoms with Crippen LogP contribution in [0.1, 0.15) is 63.9 Å². The van der Waals surface area contributed by atoms with Crippen molar-refractivity contribution in [1.29, 1.82) is 0 Å². The van der Waals surface area contributed by atoms with Crippen LogP contribution >= 0.6 is 0 Å². The van der Waals surface area contributed by atoms with Crippen LogP contribution in [0.2, 0.25) is 0 Å². The second kappa shape index (κ2) is 12.7. The molecule has 3 N–H and O–H groups in total. The van der Waals surface area contributed by atoms with Crippen molar-refractivity contribution in [2.45, 2.75) is 70.4 Å². The number of carbonyl (C=O) groups excluding carboxylic acids is 1. The fraction of sp³-hybridized carbons (Fsp3) is 0.680. The Labute approximate surface area is 193 Å². The van der Waals surface area contributed by atoms with E-state index in [0.29, 0.717) is 18.8 Å². The number of likely N-dealkylation sites (tertiary alicyclic amines) is 1. The van der Waals surface area contributed by atoms with E-state index in [-0.39, 0.29) is 18.1 Å². The zero-order chi connectivity index (χ0) is 22.7. The quantitative estimate of drug-likeness (QED) is 0.404. The number of piperidine rings is 1. The van der Waals surface area contributed by atoms with Gasteiger partial charge in [-0.3, -0.25) is 14.7 Å². The lowest BCUT2D eigenvalue weighted by Crippen LogP contribution is -2.59. The second-order valence-corrected chi connectivity index (χ2v) is 9.00. The van der Waals surface area contributed by atoms with Crippen molar-refractivity contribution in [3.63, 3.8) is 0 Å². The lowest BCUT2D eigenvalue weighted by atomic mass is 9.79. The summed E-state index contributed by atoms with van der Waals surface area (Å²) < 4.78 is 5.61.